The van der Waals surface area contributed by atoms with Gasteiger partial charge in [-0.3, -0.25) is 5.10 Å². The Hall–Kier alpha value is -2.52. The molecule has 0 fully saturated rings. The molecule has 0 aliphatic carbocycles. The van der Waals surface area contributed by atoms with Gasteiger partial charge in [-0.2, -0.15) is 5.10 Å². The van der Waals surface area contributed by atoms with Crippen LogP contribution in [0.15, 0.2) is 55.1 Å². The Morgan fingerprint density at radius 2 is 2.00 bits per heavy atom. The van der Waals surface area contributed by atoms with Crippen molar-refractivity contribution in [2.75, 3.05) is 7.11 Å². The standard InChI is InChI=1S/C19H17ClN2O/c1-3-16-14(9-10-17(20)19(16)23-2)11-15-12-18(22-21-15)13-7-5-4-6-8-13/h3-10,12H,1,11H2,2H3,(H,21,22). The highest BCUT2D eigenvalue weighted by Crippen LogP contribution is 2.33. The molecule has 0 aliphatic heterocycles. The Morgan fingerprint density at radius 1 is 1.22 bits per heavy atom. The average molecular weight is 325 g/mol. The zero-order valence-electron chi connectivity index (χ0n) is 12.8. The molecule has 2 aromatic carbocycles. The lowest BCUT2D eigenvalue weighted by Crippen LogP contribution is -1.96. The Balaban J connectivity index is 1.92. The lowest BCUT2D eigenvalue weighted by Gasteiger charge is -2.11. The first-order valence-electron chi connectivity index (χ1n) is 7.30. The zero-order valence-corrected chi connectivity index (χ0v) is 13.6. The van der Waals surface area contributed by atoms with E-state index in [9.17, 15) is 0 Å². The summed E-state index contributed by atoms with van der Waals surface area (Å²) in [7, 11) is 1.61. The van der Waals surface area contributed by atoms with Gasteiger partial charge in [0.05, 0.1) is 17.8 Å². The molecule has 0 bridgehead atoms. The zero-order chi connectivity index (χ0) is 16.2. The monoisotopic (exact) mass is 324 g/mol. The summed E-state index contributed by atoms with van der Waals surface area (Å²) in [5.41, 5.74) is 5.05. The van der Waals surface area contributed by atoms with Crippen LogP contribution in [0.3, 0.4) is 0 Å². The highest BCUT2D eigenvalue weighted by atomic mass is 35.5. The molecule has 3 nitrogen and oxygen atoms in total. The Labute approximate surface area is 140 Å². The highest BCUT2D eigenvalue weighted by molar-refractivity contribution is 6.32. The van der Waals surface area contributed by atoms with Crippen molar-refractivity contribution in [3.05, 3.63) is 77.0 Å². The molecule has 4 heteroatoms. The van der Waals surface area contributed by atoms with Crippen LogP contribution >= 0.6 is 11.6 Å². The van der Waals surface area contributed by atoms with Crippen molar-refractivity contribution in [2.45, 2.75) is 6.42 Å². The molecular formula is C19H17ClN2O. The fourth-order valence-corrected chi connectivity index (χ4v) is 2.86. The van der Waals surface area contributed by atoms with Crippen LogP contribution in [0.2, 0.25) is 5.02 Å². The molecule has 23 heavy (non-hydrogen) atoms. The second-order valence-corrected chi connectivity index (χ2v) is 5.59. The van der Waals surface area contributed by atoms with E-state index in [1.165, 1.54) is 0 Å². The van der Waals surface area contributed by atoms with Gasteiger partial charge in [0.25, 0.3) is 0 Å². The normalized spacial score (nSPS) is 10.5. The third-order valence-corrected chi connectivity index (χ3v) is 4.03. The lowest BCUT2D eigenvalue weighted by molar-refractivity contribution is 0.413. The number of methoxy groups -OCH3 is 1. The molecule has 1 aromatic heterocycles. The van der Waals surface area contributed by atoms with Crippen molar-refractivity contribution in [3.63, 3.8) is 0 Å². The maximum absolute atomic E-state index is 6.17. The van der Waals surface area contributed by atoms with Gasteiger partial charge in [-0.05, 0) is 17.7 Å². The Kier molecular flexibility index (Phi) is 4.49. The first-order valence-corrected chi connectivity index (χ1v) is 7.68. The number of halogens is 1. The molecule has 0 unspecified atom stereocenters. The van der Waals surface area contributed by atoms with Gasteiger partial charge in [0.1, 0.15) is 5.75 Å². The van der Waals surface area contributed by atoms with Gasteiger partial charge >= 0.3 is 0 Å². The number of H-pyrrole nitrogens is 1. The van der Waals surface area contributed by atoms with Crippen LogP contribution in [-0.2, 0) is 6.42 Å². The topological polar surface area (TPSA) is 37.9 Å². The van der Waals surface area contributed by atoms with E-state index in [-0.39, 0.29) is 0 Å². The van der Waals surface area contributed by atoms with Crippen molar-refractivity contribution in [1.29, 1.82) is 0 Å². The summed E-state index contributed by atoms with van der Waals surface area (Å²) < 4.78 is 5.39. The third kappa shape index (κ3) is 3.15. The summed E-state index contributed by atoms with van der Waals surface area (Å²) in [5.74, 6) is 0.655. The first kappa shape index (κ1) is 15.4. The van der Waals surface area contributed by atoms with E-state index in [2.05, 4.69) is 22.8 Å². The largest absolute Gasteiger partial charge is 0.495 e. The van der Waals surface area contributed by atoms with E-state index < -0.39 is 0 Å². The van der Waals surface area contributed by atoms with Gasteiger partial charge in [0.2, 0.25) is 0 Å². The molecule has 3 rings (SSSR count). The molecule has 0 spiro atoms. The lowest BCUT2D eigenvalue weighted by atomic mass is 10.0. The molecule has 3 aromatic rings. The Morgan fingerprint density at radius 3 is 2.70 bits per heavy atom. The summed E-state index contributed by atoms with van der Waals surface area (Å²) in [6.07, 6.45) is 2.48. The van der Waals surface area contributed by atoms with Crippen molar-refractivity contribution in [3.8, 4) is 17.0 Å². The fraction of sp³-hybridized carbons (Fsp3) is 0.105. The number of ether oxygens (including phenoxy) is 1. The molecule has 1 heterocycles. The van der Waals surface area contributed by atoms with Gasteiger partial charge in [0, 0.05) is 23.2 Å². The summed E-state index contributed by atoms with van der Waals surface area (Å²) in [5, 5.41) is 8.07. The third-order valence-electron chi connectivity index (χ3n) is 3.73. The van der Waals surface area contributed by atoms with E-state index in [1.807, 2.05) is 42.5 Å². The molecule has 116 valence electrons. The van der Waals surface area contributed by atoms with E-state index in [4.69, 9.17) is 16.3 Å². The first-order chi connectivity index (χ1) is 11.2. The smallest absolute Gasteiger partial charge is 0.144 e. The second-order valence-electron chi connectivity index (χ2n) is 5.18. The number of nitrogens with zero attached hydrogens (tertiary/aromatic N) is 1. The molecule has 0 amide bonds. The molecule has 0 saturated carbocycles. The number of hydrogen-bond acceptors (Lipinski definition) is 2. The van der Waals surface area contributed by atoms with Crippen LogP contribution in [0.5, 0.6) is 5.75 Å². The molecular weight excluding hydrogens is 308 g/mol. The molecule has 0 saturated heterocycles. The number of hydrogen-bond donors (Lipinski definition) is 1. The van der Waals surface area contributed by atoms with Gasteiger partial charge in [-0.15, -0.1) is 0 Å². The second kappa shape index (κ2) is 6.71. The minimum Gasteiger partial charge on any atom is -0.495 e. The summed E-state index contributed by atoms with van der Waals surface area (Å²) in [6, 6.07) is 16.0. The number of rotatable bonds is 5. The minimum atomic E-state index is 0.584. The van der Waals surface area contributed by atoms with E-state index >= 15 is 0 Å². The van der Waals surface area contributed by atoms with Crippen LogP contribution in [-0.4, -0.2) is 17.3 Å². The van der Waals surface area contributed by atoms with Crippen LogP contribution < -0.4 is 4.74 Å². The molecule has 0 aliphatic rings. The van der Waals surface area contributed by atoms with Gasteiger partial charge in [-0.25, -0.2) is 0 Å². The van der Waals surface area contributed by atoms with E-state index in [0.717, 1.165) is 28.1 Å². The van der Waals surface area contributed by atoms with Gasteiger partial charge < -0.3 is 4.74 Å². The van der Waals surface area contributed by atoms with Crippen molar-refractivity contribution >= 4 is 17.7 Å². The van der Waals surface area contributed by atoms with E-state index in [0.29, 0.717) is 17.2 Å². The highest BCUT2D eigenvalue weighted by Gasteiger charge is 2.12. The summed E-state index contributed by atoms with van der Waals surface area (Å²) in [4.78, 5) is 0. The molecule has 0 radical (unpaired) electrons. The summed E-state index contributed by atoms with van der Waals surface area (Å²) >= 11 is 6.17. The van der Waals surface area contributed by atoms with E-state index in [1.54, 1.807) is 13.2 Å². The van der Waals surface area contributed by atoms with Crippen LogP contribution in [0.1, 0.15) is 16.8 Å². The van der Waals surface area contributed by atoms with Crippen molar-refractivity contribution in [2.24, 2.45) is 0 Å². The number of benzene rings is 2. The van der Waals surface area contributed by atoms with Crippen LogP contribution in [0, 0.1) is 0 Å². The number of aromatic nitrogens is 2. The maximum Gasteiger partial charge on any atom is 0.144 e. The van der Waals surface area contributed by atoms with Gasteiger partial charge in [0.15, 0.2) is 0 Å². The quantitative estimate of drug-likeness (QED) is 0.719. The Bertz CT molecular complexity index is 825. The predicted octanol–water partition coefficient (Wildman–Crippen LogP) is 4.97. The fourth-order valence-electron chi connectivity index (χ4n) is 2.61. The van der Waals surface area contributed by atoms with Gasteiger partial charge in [-0.1, -0.05) is 60.7 Å². The SMILES string of the molecule is C=Cc1c(Cc2cc(-c3ccccc3)n[nH]2)ccc(Cl)c1OC. The van der Waals surface area contributed by atoms with Crippen LogP contribution in [0.4, 0.5) is 0 Å². The number of aromatic amines is 1. The minimum absolute atomic E-state index is 0.584. The average Bonchev–Trinajstić information content (AvgIpc) is 3.05. The number of nitrogens with one attached hydrogen (secondary N) is 1. The predicted molar refractivity (Wildman–Crippen MR) is 94.9 cm³/mol. The summed E-state index contributed by atoms with van der Waals surface area (Å²) in [6.45, 7) is 3.87. The van der Waals surface area contributed by atoms with Crippen LogP contribution in [0.25, 0.3) is 17.3 Å². The molecule has 1 N–H and O–H groups in total. The van der Waals surface area contributed by atoms with Crippen molar-refractivity contribution in [1.82, 2.24) is 10.2 Å². The van der Waals surface area contributed by atoms with Crippen molar-refractivity contribution < 1.29 is 4.74 Å². The molecule has 0 atom stereocenters. The maximum atomic E-state index is 6.17.